The highest BCUT2D eigenvalue weighted by Crippen LogP contribution is 2.36. The number of rotatable bonds is 2. The molecule has 0 aromatic heterocycles. The second-order valence-electron chi connectivity index (χ2n) is 4.93. The summed E-state index contributed by atoms with van der Waals surface area (Å²) in [6, 6.07) is 7.22. The lowest BCUT2D eigenvalue weighted by Crippen LogP contribution is -2.55. The van der Waals surface area contributed by atoms with Crippen LogP contribution in [0, 0.1) is 11.3 Å². The van der Waals surface area contributed by atoms with E-state index in [4.69, 9.17) is 11.6 Å². The summed E-state index contributed by atoms with van der Waals surface area (Å²) in [6.45, 7) is 2.33. The third-order valence-corrected chi connectivity index (χ3v) is 4.06. The standard InChI is InChI=1S/C14H15ClN2O2/c1-14(13(18)19)7-2-3-8-17(14)12-6-4-5-11(15)10(12)9-16/h4-6H,2-3,7-8H2,1H3,(H,18,19). The van der Waals surface area contributed by atoms with Gasteiger partial charge in [0.25, 0.3) is 0 Å². The Bertz CT molecular complexity index is 553. The molecule has 0 amide bonds. The van der Waals surface area contributed by atoms with E-state index in [2.05, 4.69) is 6.07 Å². The van der Waals surface area contributed by atoms with E-state index in [-0.39, 0.29) is 0 Å². The molecule has 5 heteroatoms. The number of aliphatic carboxylic acids is 1. The number of hydrogen-bond acceptors (Lipinski definition) is 3. The molecule has 19 heavy (non-hydrogen) atoms. The van der Waals surface area contributed by atoms with Crippen molar-refractivity contribution < 1.29 is 9.90 Å². The van der Waals surface area contributed by atoms with Gasteiger partial charge in [0.1, 0.15) is 11.6 Å². The zero-order valence-electron chi connectivity index (χ0n) is 10.7. The van der Waals surface area contributed by atoms with E-state index >= 15 is 0 Å². The van der Waals surface area contributed by atoms with Crippen LogP contribution in [0.25, 0.3) is 0 Å². The van der Waals surface area contributed by atoms with Crippen molar-refractivity contribution in [2.45, 2.75) is 31.7 Å². The molecular formula is C14H15ClN2O2. The Labute approximate surface area is 117 Å². The predicted molar refractivity (Wildman–Crippen MR) is 73.4 cm³/mol. The summed E-state index contributed by atoms with van der Waals surface area (Å²) in [5, 5.41) is 19.1. The minimum absolute atomic E-state index is 0.346. The first kappa shape index (κ1) is 13.7. The Morgan fingerprint density at radius 1 is 1.53 bits per heavy atom. The van der Waals surface area contributed by atoms with Crippen LogP contribution in [-0.2, 0) is 4.79 Å². The number of carbonyl (C=O) groups is 1. The first-order valence-corrected chi connectivity index (χ1v) is 6.58. The van der Waals surface area contributed by atoms with Crippen LogP contribution in [0.3, 0.4) is 0 Å². The summed E-state index contributed by atoms with van der Waals surface area (Å²) in [7, 11) is 0. The van der Waals surface area contributed by atoms with E-state index in [0.29, 0.717) is 29.2 Å². The first-order valence-electron chi connectivity index (χ1n) is 6.20. The van der Waals surface area contributed by atoms with Gasteiger partial charge in [-0.05, 0) is 38.3 Å². The van der Waals surface area contributed by atoms with Crippen LogP contribution in [0.1, 0.15) is 31.7 Å². The quantitative estimate of drug-likeness (QED) is 0.903. The summed E-state index contributed by atoms with van der Waals surface area (Å²) < 4.78 is 0. The molecule has 1 N–H and O–H groups in total. The van der Waals surface area contributed by atoms with Crippen LogP contribution in [-0.4, -0.2) is 23.2 Å². The Morgan fingerprint density at radius 2 is 2.26 bits per heavy atom. The van der Waals surface area contributed by atoms with Crippen molar-refractivity contribution in [1.82, 2.24) is 0 Å². The number of nitrogens with zero attached hydrogens (tertiary/aromatic N) is 2. The summed E-state index contributed by atoms with van der Waals surface area (Å²) >= 11 is 6.02. The molecular weight excluding hydrogens is 264 g/mol. The van der Waals surface area contributed by atoms with Crippen molar-refractivity contribution in [2.75, 3.05) is 11.4 Å². The monoisotopic (exact) mass is 278 g/mol. The minimum Gasteiger partial charge on any atom is -0.480 e. The number of carboxylic acid groups (broad SMARTS) is 1. The van der Waals surface area contributed by atoms with Gasteiger partial charge in [0.2, 0.25) is 0 Å². The average Bonchev–Trinajstić information content (AvgIpc) is 2.39. The van der Waals surface area contributed by atoms with Gasteiger partial charge in [-0.15, -0.1) is 0 Å². The number of carboxylic acids is 1. The van der Waals surface area contributed by atoms with Crippen LogP contribution in [0.15, 0.2) is 18.2 Å². The van der Waals surface area contributed by atoms with Gasteiger partial charge in [-0.2, -0.15) is 5.26 Å². The fourth-order valence-electron chi connectivity index (χ4n) is 2.58. The van der Waals surface area contributed by atoms with Gasteiger partial charge in [0.05, 0.1) is 16.3 Å². The third kappa shape index (κ3) is 2.26. The van der Waals surface area contributed by atoms with Gasteiger partial charge in [-0.3, -0.25) is 0 Å². The molecule has 1 saturated heterocycles. The molecule has 0 aliphatic carbocycles. The lowest BCUT2D eigenvalue weighted by atomic mass is 9.87. The van der Waals surface area contributed by atoms with Crippen molar-refractivity contribution in [3.8, 4) is 6.07 Å². The molecule has 1 heterocycles. The summed E-state index contributed by atoms with van der Waals surface area (Å²) in [5.74, 6) is -0.865. The molecule has 2 rings (SSSR count). The van der Waals surface area contributed by atoms with E-state index in [9.17, 15) is 15.2 Å². The second-order valence-corrected chi connectivity index (χ2v) is 5.34. The number of nitriles is 1. The van der Waals surface area contributed by atoms with Crippen molar-refractivity contribution in [3.05, 3.63) is 28.8 Å². The Balaban J connectivity index is 2.53. The zero-order valence-corrected chi connectivity index (χ0v) is 11.4. The van der Waals surface area contributed by atoms with E-state index in [1.54, 1.807) is 30.0 Å². The van der Waals surface area contributed by atoms with Crippen molar-refractivity contribution >= 4 is 23.3 Å². The van der Waals surface area contributed by atoms with Crippen molar-refractivity contribution in [2.24, 2.45) is 0 Å². The number of benzene rings is 1. The van der Waals surface area contributed by atoms with E-state index < -0.39 is 11.5 Å². The molecule has 1 aliphatic heterocycles. The van der Waals surface area contributed by atoms with E-state index in [0.717, 1.165) is 12.8 Å². The van der Waals surface area contributed by atoms with Crippen LogP contribution in [0.4, 0.5) is 5.69 Å². The maximum Gasteiger partial charge on any atom is 0.329 e. The van der Waals surface area contributed by atoms with E-state index in [1.807, 2.05) is 0 Å². The molecule has 4 nitrogen and oxygen atoms in total. The first-order chi connectivity index (χ1) is 9.00. The van der Waals surface area contributed by atoms with Crippen LogP contribution >= 0.6 is 11.6 Å². The average molecular weight is 279 g/mol. The largest absolute Gasteiger partial charge is 0.480 e. The maximum atomic E-state index is 11.6. The SMILES string of the molecule is CC1(C(=O)O)CCCCN1c1cccc(Cl)c1C#N. The normalized spacial score (nSPS) is 22.9. The molecule has 1 aromatic rings. The molecule has 1 aliphatic rings. The molecule has 0 bridgehead atoms. The number of halogens is 1. The zero-order chi connectivity index (χ0) is 14.0. The number of anilines is 1. The van der Waals surface area contributed by atoms with Gasteiger partial charge in [0, 0.05) is 6.54 Å². The van der Waals surface area contributed by atoms with Crippen LogP contribution in [0.2, 0.25) is 5.02 Å². The van der Waals surface area contributed by atoms with Crippen LogP contribution in [0.5, 0.6) is 0 Å². The summed E-state index contributed by atoms with van der Waals surface area (Å²) in [6.07, 6.45) is 2.36. The predicted octanol–water partition coefficient (Wildman–Crippen LogP) is 3.05. The molecule has 1 aromatic carbocycles. The molecule has 0 radical (unpaired) electrons. The lowest BCUT2D eigenvalue weighted by Gasteiger charge is -2.43. The molecule has 0 saturated carbocycles. The summed E-state index contributed by atoms with van der Waals surface area (Å²) in [4.78, 5) is 13.4. The smallest absolute Gasteiger partial charge is 0.329 e. The van der Waals surface area contributed by atoms with Crippen LogP contribution < -0.4 is 4.90 Å². The second kappa shape index (κ2) is 5.10. The Morgan fingerprint density at radius 3 is 2.89 bits per heavy atom. The molecule has 1 unspecified atom stereocenters. The Kier molecular flexibility index (Phi) is 3.68. The van der Waals surface area contributed by atoms with Gasteiger partial charge in [-0.25, -0.2) is 4.79 Å². The topological polar surface area (TPSA) is 64.3 Å². The third-order valence-electron chi connectivity index (χ3n) is 3.75. The molecule has 100 valence electrons. The Hall–Kier alpha value is -1.73. The maximum absolute atomic E-state index is 11.6. The fourth-order valence-corrected chi connectivity index (χ4v) is 2.79. The highest BCUT2D eigenvalue weighted by molar-refractivity contribution is 6.32. The fraction of sp³-hybridized carbons (Fsp3) is 0.429. The minimum atomic E-state index is -0.978. The highest BCUT2D eigenvalue weighted by Gasteiger charge is 2.42. The molecule has 1 atom stereocenters. The van der Waals surface area contributed by atoms with Crippen molar-refractivity contribution in [1.29, 1.82) is 5.26 Å². The molecule has 0 spiro atoms. The van der Waals surface area contributed by atoms with Gasteiger partial charge >= 0.3 is 5.97 Å². The molecule has 1 fully saturated rings. The lowest BCUT2D eigenvalue weighted by molar-refractivity contribution is -0.143. The van der Waals surface area contributed by atoms with Gasteiger partial charge < -0.3 is 10.0 Å². The van der Waals surface area contributed by atoms with Gasteiger partial charge in [-0.1, -0.05) is 17.7 Å². The number of hydrogen-bond donors (Lipinski definition) is 1. The van der Waals surface area contributed by atoms with E-state index in [1.165, 1.54) is 0 Å². The summed E-state index contributed by atoms with van der Waals surface area (Å²) in [5.41, 5.74) is -0.0210. The number of piperidine rings is 1. The van der Waals surface area contributed by atoms with Gasteiger partial charge in [0.15, 0.2) is 0 Å². The highest BCUT2D eigenvalue weighted by atomic mass is 35.5. The van der Waals surface area contributed by atoms with Crippen molar-refractivity contribution in [3.63, 3.8) is 0 Å².